The summed E-state index contributed by atoms with van der Waals surface area (Å²) in [6.45, 7) is 19.2. The van der Waals surface area contributed by atoms with E-state index >= 15 is 8.78 Å². The van der Waals surface area contributed by atoms with Gasteiger partial charge in [-0.1, -0.05) is 46.8 Å². The molecule has 2 saturated carbocycles. The van der Waals surface area contributed by atoms with Gasteiger partial charge in [-0.15, -0.1) is 11.3 Å². The zero-order valence-corrected chi connectivity index (χ0v) is 58.1. The van der Waals surface area contributed by atoms with E-state index in [0.717, 1.165) is 86.8 Å². The van der Waals surface area contributed by atoms with Crippen LogP contribution in [0.15, 0.2) is 48.2 Å². The number of halogens is 3. The monoisotopic (exact) mass is 1370 g/mol. The van der Waals surface area contributed by atoms with Crippen LogP contribution in [-0.4, -0.2) is 216 Å². The molecule has 5 saturated heterocycles. The van der Waals surface area contributed by atoms with Crippen molar-refractivity contribution in [3.63, 3.8) is 0 Å². The molecular formula is C70H98F3N15O8S. The fourth-order valence-corrected chi connectivity index (χ4v) is 15.7. The third-order valence-electron chi connectivity index (χ3n) is 21.0. The van der Waals surface area contributed by atoms with Crippen molar-refractivity contribution in [3.8, 4) is 16.2 Å². The molecule has 6 atom stereocenters. The Labute approximate surface area is 571 Å². The van der Waals surface area contributed by atoms with Crippen LogP contribution in [0.3, 0.4) is 0 Å². The number of anilines is 3. The Bertz CT molecular complexity index is 3480. The lowest BCUT2D eigenvalue weighted by atomic mass is 9.82. The molecule has 4 aromatic rings. The molecule has 7 N–H and O–H groups in total. The summed E-state index contributed by atoms with van der Waals surface area (Å²) < 4.78 is 52.2. The van der Waals surface area contributed by atoms with Crippen LogP contribution in [0.25, 0.3) is 10.4 Å². The van der Waals surface area contributed by atoms with E-state index in [0.29, 0.717) is 112 Å². The number of nitrogens with one attached hydrogen (secondary N) is 6. The smallest absolute Gasteiger partial charge is 0.258 e. The van der Waals surface area contributed by atoms with Crippen LogP contribution >= 0.6 is 11.3 Å². The molecule has 1 unspecified atom stereocenters. The molecule has 7 heterocycles. The summed E-state index contributed by atoms with van der Waals surface area (Å²) in [5.74, 6) is -0.615. The van der Waals surface area contributed by atoms with Gasteiger partial charge in [-0.05, 0) is 138 Å². The van der Waals surface area contributed by atoms with Gasteiger partial charge >= 0.3 is 0 Å². The largest absolute Gasteiger partial charge is 0.483 e. The fraction of sp³-hybridized carbons (Fsp3) is 0.643. The van der Waals surface area contributed by atoms with Gasteiger partial charge in [0.15, 0.2) is 12.3 Å². The van der Waals surface area contributed by atoms with Gasteiger partial charge in [0.05, 0.1) is 46.5 Å². The summed E-state index contributed by atoms with van der Waals surface area (Å²) in [5.41, 5.74) is 1.28. The second kappa shape index (κ2) is 30.1. The number of aromatic nitrogens is 3. The molecule has 7 fully saturated rings. The number of aliphatic hydroxyl groups excluding tert-OH is 1. The molecule has 6 amide bonds. The number of aliphatic hydroxyl groups is 1. The van der Waals surface area contributed by atoms with Crippen LogP contribution in [0.1, 0.15) is 122 Å². The molecular weight excluding hydrogens is 1270 g/mol. The second-order valence-corrected chi connectivity index (χ2v) is 31.0. The van der Waals surface area contributed by atoms with Crippen molar-refractivity contribution in [1.29, 1.82) is 0 Å². The Morgan fingerprint density at radius 1 is 0.825 bits per heavy atom. The predicted octanol–water partition coefficient (Wildman–Crippen LogP) is 5.54. The van der Waals surface area contributed by atoms with Crippen molar-refractivity contribution >= 4 is 64.1 Å². The molecule has 2 aromatic carbocycles. The molecule has 1 spiro atoms. The molecule has 97 heavy (non-hydrogen) atoms. The normalized spacial score (nSPS) is 23.2. The maximum absolute atomic E-state index is 15.8. The standard InChI is InChI=1S/C70H98F3N15O8S/c1-44-62(97-43-80-44)45-10-11-46(33-77-64(93)55-30-51(89)37-88(55)65(94)63(67(2,3)4)81-66(95)70(73)12-13-70)56(29-45)96-40-61(92)76-20-9-21-83(7)50-26-47-34-85(35-48(47)27-50)38-59(90)75-19-8-18-74-57-32-58(79-42-78-57)86-24-16-69(17-25-86)41-87(39-60(91)82-69)54-31-52(71)49(28-53(54)72)36-84-22-14-68(5,6)15-23-84/h10-11,28-29,31-32,42-43,47-48,50-51,55,63,89H,8-9,12-27,30,33-41H2,1-7H3,(H,75,90)(H,76,92)(H,77,93)(H,81,95)(H,82,91)(H,74,78,79)/t47-,48+,50?,51-,55+,63-/m1/s1. The summed E-state index contributed by atoms with van der Waals surface area (Å²) >= 11 is 1.47. The first-order valence-electron chi connectivity index (χ1n) is 34.6. The molecule has 27 heteroatoms. The third kappa shape index (κ3) is 17.8. The number of amides is 6. The molecule has 5 aliphatic heterocycles. The van der Waals surface area contributed by atoms with E-state index in [2.05, 4.69) is 87.3 Å². The summed E-state index contributed by atoms with van der Waals surface area (Å²) in [6, 6.07) is 8.22. The van der Waals surface area contributed by atoms with Gasteiger partial charge in [-0.3, -0.25) is 38.6 Å². The summed E-state index contributed by atoms with van der Waals surface area (Å²) in [4.78, 5) is 106. The van der Waals surface area contributed by atoms with Crippen molar-refractivity contribution < 1.29 is 51.8 Å². The highest BCUT2D eigenvalue weighted by molar-refractivity contribution is 7.13. The van der Waals surface area contributed by atoms with Crippen LogP contribution in [0, 0.1) is 41.2 Å². The molecule has 0 bridgehead atoms. The van der Waals surface area contributed by atoms with E-state index < -0.39 is 64.2 Å². The predicted molar refractivity (Wildman–Crippen MR) is 364 cm³/mol. The highest BCUT2D eigenvalue weighted by atomic mass is 32.1. The van der Waals surface area contributed by atoms with Crippen molar-refractivity contribution in [2.45, 2.75) is 161 Å². The van der Waals surface area contributed by atoms with Crippen LogP contribution in [-0.2, 0) is 41.9 Å². The minimum Gasteiger partial charge on any atom is -0.483 e. The number of piperidine rings is 2. The number of hydrogen-bond donors (Lipinski definition) is 7. The zero-order valence-electron chi connectivity index (χ0n) is 57.3. The van der Waals surface area contributed by atoms with E-state index in [1.165, 1.54) is 34.7 Å². The van der Waals surface area contributed by atoms with Crippen molar-refractivity contribution in [2.24, 2.45) is 22.7 Å². The van der Waals surface area contributed by atoms with Crippen molar-refractivity contribution in [1.82, 2.24) is 61.1 Å². The van der Waals surface area contributed by atoms with E-state index in [1.807, 2.05) is 31.2 Å². The van der Waals surface area contributed by atoms with Crippen LogP contribution < -0.4 is 46.4 Å². The average molecular weight is 1370 g/mol. The number of likely N-dealkylation sites (tertiary alicyclic amines) is 3. The first kappa shape index (κ1) is 71.1. The minimum atomic E-state index is -2.00. The average Bonchev–Trinajstić information content (AvgIpc) is 1.51. The third-order valence-corrected chi connectivity index (χ3v) is 22.0. The summed E-state index contributed by atoms with van der Waals surface area (Å²) in [6.07, 6.45) is 7.43. The van der Waals surface area contributed by atoms with Crippen molar-refractivity contribution in [3.05, 3.63) is 76.7 Å². The highest BCUT2D eigenvalue weighted by Crippen LogP contribution is 2.42. The number of hydrogen-bond acceptors (Lipinski definition) is 18. The summed E-state index contributed by atoms with van der Waals surface area (Å²) in [5, 5.41) is 28.8. The van der Waals surface area contributed by atoms with E-state index in [-0.39, 0.29) is 74.3 Å². The van der Waals surface area contributed by atoms with Crippen LogP contribution in [0.2, 0.25) is 0 Å². The Morgan fingerprint density at radius 3 is 2.25 bits per heavy atom. The molecule has 528 valence electrons. The number of piperazine rings is 1. The topological polar surface area (TPSA) is 262 Å². The number of benzene rings is 2. The Balaban J connectivity index is 0.561. The highest BCUT2D eigenvalue weighted by Gasteiger charge is 2.54. The Morgan fingerprint density at radius 2 is 1.55 bits per heavy atom. The van der Waals surface area contributed by atoms with Gasteiger partial charge in [0.1, 0.15) is 47.4 Å². The Kier molecular flexibility index (Phi) is 22.1. The molecule has 7 aliphatic rings. The van der Waals surface area contributed by atoms with Gasteiger partial charge in [-0.2, -0.15) is 0 Å². The number of β-amino-alcohol motifs (C(OH)–C–C–N with tert-alkyl or cyclic N) is 1. The zero-order chi connectivity index (χ0) is 69.0. The van der Waals surface area contributed by atoms with Gasteiger partial charge in [0, 0.05) is 108 Å². The lowest BCUT2D eigenvalue weighted by Gasteiger charge is -2.48. The first-order valence-corrected chi connectivity index (χ1v) is 35.5. The van der Waals surface area contributed by atoms with E-state index in [1.54, 1.807) is 31.2 Å². The maximum atomic E-state index is 15.8. The number of carbonyl (C=O) groups is 6. The number of aryl methyl sites for hydroxylation is 1. The number of thiazole rings is 1. The number of carbonyl (C=O) groups excluding carboxylic acids is 6. The Hall–Kier alpha value is -7.20. The molecule has 11 rings (SSSR count). The SMILES string of the molecule is Cc1ncsc1-c1ccc(CNC(=O)[C@@H]2C[C@@H](O)CN2C(=O)[C@@H](NC(=O)C2(F)CC2)C(C)(C)C)c(OCC(=O)NCCCN(C)C2C[C@@H]3CN(CC(=O)NCCCNc4cc(N5CCC6(CC5)CN(c5cc(F)c(CN7CCC(C)(C)CC7)cc5F)CC(=O)N6)ncn4)C[C@@H]3C2)c1. The molecule has 23 nitrogen and oxygen atoms in total. The van der Waals surface area contributed by atoms with Crippen LogP contribution in [0.4, 0.5) is 30.5 Å². The van der Waals surface area contributed by atoms with Gasteiger partial charge in [0.25, 0.3) is 11.8 Å². The number of fused-ring (bicyclic) bond motifs is 1. The number of ether oxygens (including phenoxy) is 1. The van der Waals surface area contributed by atoms with E-state index in [9.17, 15) is 38.3 Å². The lowest BCUT2D eigenvalue weighted by molar-refractivity contribution is -0.145. The van der Waals surface area contributed by atoms with E-state index in [4.69, 9.17) is 4.74 Å². The molecule has 2 aliphatic carbocycles. The quantitative estimate of drug-likeness (QED) is 0.0381. The lowest BCUT2D eigenvalue weighted by Crippen LogP contribution is -2.66. The maximum Gasteiger partial charge on any atom is 0.258 e. The molecule has 0 radical (unpaired) electrons. The van der Waals surface area contributed by atoms with Crippen LogP contribution in [0.5, 0.6) is 5.75 Å². The van der Waals surface area contributed by atoms with Gasteiger partial charge in [-0.25, -0.2) is 28.1 Å². The van der Waals surface area contributed by atoms with Gasteiger partial charge in [0.2, 0.25) is 23.6 Å². The van der Waals surface area contributed by atoms with Crippen molar-refractivity contribution in [2.75, 3.05) is 120 Å². The first-order chi connectivity index (χ1) is 46.2. The molecule has 2 aromatic heterocycles. The second-order valence-electron chi connectivity index (χ2n) is 30.2. The number of alkyl halides is 1. The number of rotatable bonds is 26. The number of nitrogens with zero attached hydrogens (tertiary/aromatic N) is 9. The van der Waals surface area contributed by atoms with Gasteiger partial charge < -0.3 is 61.3 Å². The summed E-state index contributed by atoms with van der Waals surface area (Å²) in [7, 11) is 2.13. The fourth-order valence-electron chi connectivity index (χ4n) is 14.9. The minimum absolute atomic E-state index is 0.00480.